The molecule has 0 saturated carbocycles. The molecule has 0 unspecified atom stereocenters. The van der Waals surface area contributed by atoms with Crippen molar-refractivity contribution in [2.24, 2.45) is 0 Å². The van der Waals surface area contributed by atoms with E-state index in [9.17, 15) is 5.02 Å². The van der Waals surface area contributed by atoms with Crippen LogP contribution in [0.1, 0.15) is 42.5 Å². The van der Waals surface area contributed by atoms with Gasteiger partial charge in [-0.2, -0.15) is 0 Å². The van der Waals surface area contributed by atoms with E-state index in [4.69, 9.17) is 23.5 Å². The van der Waals surface area contributed by atoms with Gasteiger partial charge in [-0.05, 0) is 74.3 Å². The molecule has 11 nitrogen and oxygen atoms in total. The summed E-state index contributed by atoms with van der Waals surface area (Å²) < 4.78 is 35.6. The van der Waals surface area contributed by atoms with Crippen molar-refractivity contribution in [3.05, 3.63) is 138 Å². The van der Waals surface area contributed by atoms with E-state index in [2.05, 4.69) is 71.5 Å². The SMILES string of the molecule is CB(O)n1cc(N(B2CO2)B2CO2)c2cc(CN3C(=O)N(CCCOCc4ccccc4)[C@H](Cc4ccccc4)[C@@H]4OC(C)(C)O[C@H]4[C@H]3Cc3ccccc3)ccc21. The van der Waals surface area contributed by atoms with E-state index in [1.807, 2.05) is 76.8 Å². The minimum atomic E-state index is -0.854. The maximum atomic E-state index is 15.6. The summed E-state index contributed by atoms with van der Waals surface area (Å²) in [4.78, 5) is 19.6. The Morgan fingerprint density at radius 1 is 0.793 bits per heavy atom. The molecule has 4 atom stereocenters. The van der Waals surface area contributed by atoms with E-state index in [0.29, 0.717) is 58.6 Å². The average Bonchev–Trinajstić information content (AvgIpc) is 4.17. The fourth-order valence-corrected chi connectivity index (χ4v) is 8.92. The van der Waals surface area contributed by atoms with Crippen LogP contribution in [0.3, 0.4) is 0 Å². The van der Waals surface area contributed by atoms with Crippen LogP contribution >= 0.6 is 0 Å². The van der Waals surface area contributed by atoms with Gasteiger partial charge in [0, 0.05) is 42.5 Å². The average molecular weight is 780 g/mol. The van der Waals surface area contributed by atoms with Gasteiger partial charge in [-0.1, -0.05) is 97.1 Å². The topological polar surface area (TPSA) is 105 Å². The molecule has 4 saturated heterocycles. The summed E-state index contributed by atoms with van der Waals surface area (Å²) in [6.07, 6.45) is 3.07. The summed E-state index contributed by atoms with van der Waals surface area (Å²) >= 11 is 0. The first-order valence-electron chi connectivity index (χ1n) is 20.7. The molecule has 4 aromatic carbocycles. The van der Waals surface area contributed by atoms with Crippen molar-refractivity contribution in [3.8, 4) is 0 Å². The Morgan fingerprint density at radius 2 is 1.34 bits per heavy atom. The third-order valence-corrected chi connectivity index (χ3v) is 11.8. The molecule has 298 valence electrons. The third kappa shape index (κ3) is 8.45. The molecule has 58 heavy (non-hydrogen) atoms. The number of ether oxygens (including phenoxy) is 3. The summed E-state index contributed by atoms with van der Waals surface area (Å²) in [5.41, 5.74) is 6.19. The van der Waals surface area contributed by atoms with Crippen molar-refractivity contribution in [1.82, 2.24) is 14.3 Å². The lowest BCUT2D eigenvalue weighted by Crippen LogP contribution is -2.52. The highest BCUT2D eigenvalue weighted by Crippen LogP contribution is 2.41. The summed E-state index contributed by atoms with van der Waals surface area (Å²) in [5.74, 6) is -0.854. The highest BCUT2D eigenvalue weighted by Gasteiger charge is 2.55. The van der Waals surface area contributed by atoms with Crippen LogP contribution in [0.5, 0.6) is 0 Å². The number of anilines is 1. The number of nitrogens with zero attached hydrogens (tertiary/aromatic N) is 4. The quantitative estimate of drug-likeness (QED) is 0.0728. The second kappa shape index (κ2) is 16.6. The first kappa shape index (κ1) is 38.9. The van der Waals surface area contributed by atoms with Crippen molar-refractivity contribution in [1.29, 1.82) is 0 Å². The predicted octanol–water partition coefficient (Wildman–Crippen LogP) is 6.11. The lowest BCUT2D eigenvalue weighted by Gasteiger charge is -2.37. The molecule has 4 aliphatic heterocycles. The Kier molecular flexibility index (Phi) is 11.1. The molecule has 0 spiro atoms. The molecular weight excluding hydrogens is 729 g/mol. The van der Waals surface area contributed by atoms with Crippen LogP contribution in [-0.2, 0) is 49.5 Å². The molecule has 0 radical (unpaired) electrons. The molecule has 5 heterocycles. The number of carbonyl (C=O) groups is 1. The van der Waals surface area contributed by atoms with E-state index < -0.39 is 18.9 Å². The zero-order chi connectivity index (χ0) is 39.8. The molecule has 9 rings (SSSR count). The summed E-state index contributed by atoms with van der Waals surface area (Å²) in [6, 6.07) is 36.5. The van der Waals surface area contributed by atoms with E-state index in [1.165, 1.54) is 0 Å². The van der Waals surface area contributed by atoms with Crippen molar-refractivity contribution in [3.63, 3.8) is 0 Å². The minimum absolute atomic E-state index is 0.0504. The van der Waals surface area contributed by atoms with Gasteiger partial charge in [-0.25, -0.2) is 4.79 Å². The zero-order valence-corrected chi connectivity index (χ0v) is 33.6. The first-order valence-corrected chi connectivity index (χ1v) is 20.7. The number of hydrogen-bond acceptors (Lipinski definition) is 8. The molecule has 1 aromatic heterocycles. The van der Waals surface area contributed by atoms with Crippen LogP contribution in [0.25, 0.3) is 10.9 Å². The highest BCUT2D eigenvalue weighted by molar-refractivity contribution is 6.84. The second-order valence-electron chi connectivity index (χ2n) is 16.5. The number of aromatic nitrogens is 1. The van der Waals surface area contributed by atoms with Crippen LogP contribution in [-0.4, -0.2) is 103 Å². The number of hydrogen-bond donors (Lipinski definition) is 1. The largest absolute Gasteiger partial charge is 0.432 e. The van der Waals surface area contributed by atoms with Crippen molar-refractivity contribution in [2.45, 2.75) is 83.2 Å². The number of fused-ring (bicyclic) bond motifs is 2. The van der Waals surface area contributed by atoms with Crippen molar-refractivity contribution in [2.75, 3.05) is 30.9 Å². The van der Waals surface area contributed by atoms with Crippen LogP contribution in [0.4, 0.5) is 10.5 Å². The van der Waals surface area contributed by atoms with Crippen molar-refractivity contribution < 1.29 is 33.3 Å². The monoisotopic (exact) mass is 780 g/mol. The normalized spacial score (nSPS) is 22.3. The van der Waals surface area contributed by atoms with E-state index in [-0.39, 0.29) is 38.3 Å². The fraction of sp³-hybridized carbons (Fsp3) is 0.386. The fourth-order valence-electron chi connectivity index (χ4n) is 8.92. The number of benzene rings is 4. The van der Waals surface area contributed by atoms with Gasteiger partial charge >= 0.3 is 27.2 Å². The van der Waals surface area contributed by atoms with Gasteiger partial charge in [0.15, 0.2) is 5.79 Å². The molecular formula is C44H51B3N4O7. The Hall–Kier alpha value is -4.56. The standard InChI is InChI=1S/C44H51B3N4O7/c1-44(2)57-41-38(25-32-14-7-4-8-15-32)48(22-13-23-54-29-34-18-11-6-12-19-34)43(52)49(39(42(41)58-44)26-33-16-9-5-10-17-33)27-35-20-21-37-36(24-35)40(28-50(37)45(3)53)51(46-30-55-46)47-31-56-47/h4-12,14-21,24,28,38-39,41-42,53H,13,22-23,25-27,29-31H2,1-3H3/t38-,39-,41+,42+/m1/s1. The second-order valence-corrected chi connectivity index (χ2v) is 16.5. The van der Waals surface area contributed by atoms with Crippen LogP contribution in [0.2, 0.25) is 6.82 Å². The summed E-state index contributed by atoms with van der Waals surface area (Å²) in [6.45, 7) is 8.84. The van der Waals surface area contributed by atoms with E-state index in [0.717, 1.165) is 38.8 Å². The maximum absolute atomic E-state index is 15.6. The van der Waals surface area contributed by atoms with Gasteiger partial charge in [-0.15, -0.1) is 0 Å². The Labute approximate surface area is 342 Å². The molecule has 14 heteroatoms. The lowest BCUT2D eigenvalue weighted by atomic mass is 9.76. The molecule has 2 amide bonds. The number of rotatable bonds is 16. The van der Waals surface area contributed by atoms with E-state index >= 15 is 4.79 Å². The van der Waals surface area contributed by atoms with Gasteiger partial charge in [0.05, 0.1) is 31.7 Å². The maximum Gasteiger partial charge on any atom is 0.429 e. The molecule has 5 aromatic rings. The third-order valence-electron chi connectivity index (χ3n) is 11.8. The number of carbonyl (C=O) groups excluding carboxylic acids is 1. The van der Waals surface area contributed by atoms with Crippen molar-refractivity contribution >= 4 is 43.8 Å². The van der Waals surface area contributed by atoms with Gasteiger partial charge in [0.25, 0.3) is 0 Å². The minimum Gasteiger partial charge on any atom is -0.432 e. The highest BCUT2D eigenvalue weighted by atomic mass is 16.8. The summed E-state index contributed by atoms with van der Waals surface area (Å²) in [7, 11) is -0.880. The molecule has 0 bridgehead atoms. The van der Waals surface area contributed by atoms with E-state index in [1.54, 1.807) is 6.82 Å². The smallest absolute Gasteiger partial charge is 0.429 e. The van der Waals surface area contributed by atoms with Crippen LogP contribution in [0.15, 0.2) is 115 Å². The molecule has 0 aliphatic carbocycles. The molecule has 4 aliphatic rings. The Bertz CT molecular complexity index is 2160. The molecule has 1 N–H and O–H groups in total. The summed E-state index contributed by atoms with van der Waals surface area (Å²) in [5, 5.41) is 11.8. The predicted molar refractivity (Wildman–Crippen MR) is 227 cm³/mol. The number of urea groups is 1. The van der Waals surface area contributed by atoms with Gasteiger partial charge in [0.1, 0.15) is 12.2 Å². The van der Waals surface area contributed by atoms with Crippen LogP contribution in [0, 0.1) is 0 Å². The molecule has 4 fully saturated rings. The van der Waals surface area contributed by atoms with Gasteiger partial charge in [-0.3, -0.25) is 0 Å². The van der Waals surface area contributed by atoms with Gasteiger partial charge < -0.3 is 47.5 Å². The van der Waals surface area contributed by atoms with Gasteiger partial charge in [0.2, 0.25) is 0 Å². The first-order chi connectivity index (χ1) is 28.2. The Balaban J connectivity index is 1.10. The lowest BCUT2D eigenvalue weighted by molar-refractivity contribution is -0.157. The zero-order valence-electron chi connectivity index (χ0n) is 33.6. The number of amides is 2. The Morgan fingerprint density at radius 3 is 1.90 bits per heavy atom. The van der Waals surface area contributed by atoms with Crippen LogP contribution < -0.4 is 4.72 Å².